The van der Waals surface area contributed by atoms with Crippen LogP contribution in [0.25, 0.3) is 0 Å². The first kappa shape index (κ1) is 21.8. The van der Waals surface area contributed by atoms with Crippen LogP contribution in [0.2, 0.25) is 0 Å². The summed E-state index contributed by atoms with van der Waals surface area (Å²) in [4.78, 5) is 38.2. The predicted molar refractivity (Wildman–Crippen MR) is 119 cm³/mol. The Labute approximate surface area is 181 Å². The molecule has 1 saturated carbocycles. The molecule has 2 aromatic carbocycles. The third-order valence-electron chi connectivity index (χ3n) is 4.72. The molecule has 160 valence electrons. The normalized spacial score (nSPS) is 12.4. The van der Waals surface area contributed by atoms with Gasteiger partial charge in [0.15, 0.2) is 0 Å². The second-order valence-electron chi connectivity index (χ2n) is 7.29. The van der Waals surface area contributed by atoms with E-state index < -0.39 is 0 Å². The zero-order valence-corrected chi connectivity index (χ0v) is 17.1. The molecule has 0 spiro atoms. The molecule has 8 heteroatoms. The van der Waals surface area contributed by atoms with Crippen LogP contribution in [-0.4, -0.2) is 30.4 Å². The van der Waals surface area contributed by atoms with Crippen LogP contribution in [0.5, 0.6) is 0 Å². The number of urea groups is 1. The number of benzene rings is 2. The number of carbonyl (C=O) groups is 3. The predicted octanol–water partition coefficient (Wildman–Crippen LogP) is 3.64. The van der Waals surface area contributed by atoms with E-state index in [2.05, 4.69) is 16.0 Å². The maximum absolute atomic E-state index is 12.6. The minimum Gasteiger partial charge on any atom is -0.335 e. The second-order valence-corrected chi connectivity index (χ2v) is 7.29. The molecule has 0 radical (unpaired) electrons. The summed E-state index contributed by atoms with van der Waals surface area (Å²) in [7, 11) is 0. The summed E-state index contributed by atoms with van der Waals surface area (Å²) < 4.78 is 0. The van der Waals surface area contributed by atoms with Gasteiger partial charge < -0.3 is 20.9 Å². The lowest BCUT2D eigenvalue weighted by Gasteiger charge is -2.21. The number of nitriles is 1. The SMILES string of the molecule is N#CCCN(C(=O)CCC(=O)Nc1ccc(NC(=O)NC2CC2)cc1)c1ccccc1. The zero-order valence-electron chi connectivity index (χ0n) is 17.1. The fraction of sp³-hybridized carbons (Fsp3) is 0.304. The highest BCUT2D eigenvalue weighted by Crippen LogP contribution is 2.20. The molecule has 1 aliphatic rings. The Hall–Kier alpha value is -3.86. The number of para-hydroxylation sites is 1. The van der Waals surface area contributed by atoms with Gasteiger partial charge in [-0.1, -0.05) is 18.2 Å². The zero-order chi connectivity index (χ0) is 22.1. The van der Waals surface area contributed by atoms with Gasteiger partial charge in [-0.3, -0.25) is 9.59 Å². The van der Waals surface area contributed by atoms with E-state index in [1.807, 2.05) is 24.3 Å². The van der Waals surface area contributed by atoms with Crippen LogP contribution in [0.4, 0.5) is 21.9 Å². The van der Waals surface area contributed by atoms with Gasteiger partial charge in [-0.15, -0.1) is 0 Å². The van der Waals surface area contributed by atoms with Gasteiger partial charge in [-0.05, 0) is 49.2 Å². The molecule has 2 aromatic rings. The van der Waals surface area contributed by atoms with Gasteiger partial charge in [0.05, 0.1) is 12.5 Å². The lowest BCUT2D eigenvalue weighted by molar-refractivity contribution is -0.122. The molecular formula is C23H25N5O3. The number of amides is 4. The summed E-state index contributed by atoms with van der Waals surface area (Å²) in [5, 5.41) is 17.2. The summed E-state index contributed by atoms with van der Waals surface area (Å²) in [5.41, 5.74) is 1.91. The van der Waals surface area contributed by atoms with Crippen LogP contribution in [0.3, 0.4) is 0 Å². The first-order chi connectivity index (χ1) is 15.0. The van der Waals surface area contributed by atoms with Crippen molar-refractivity contribution in [1.29, 1.82) is 5.26 Å². The lowest BCUT2D eigenvalue weighted by Crippen LogP contribution is -2.32. The minimum absolute atomic E-state index is 0.0263. The molecule has 0 saturated heterocycles. The average molecular weight is 419 g/mol. The van der Waals surface area contributed by atoms with Crippen molar-refractivity contribution in [3.05, 3.63) is 54.6 Å². The maximum Gasteiger partial charge on any atom is 0.319 e. The molecule has 0 atom stereocenters. The lowest BCUT2D eigenvalue weighted by atomic mass is 10.2. The van der Waals surface area contributed by atoms with Crippen molar-refractivity contribution in [3.8, 4) is 6.07 Å². The highest BCUT2D eigenvalue weighted by Gasteiger charge is 2.23. The number of carbonyl (C=O) groups excluding carboxylic acids is 3. The molecule has 31 heavy (non-hydrogen) atoms. The fourth-order valence-corrected chi connectivity index (χ4v) is 2.96. The molecule has 0 unspecified atom stereocenters. The largest absolute Gasteiger partial charge is 0.335 e. The van der Waals surface area contributed by atoms with E-state index in [9.17, 15) is 14.4 Å². The van der Waals surface area contributed by atoms with E-state index in [1.54, 1.807) is 36.4 Å². The highest BCUT2D eigenvalue weighted by molar-refractivity contribution is 5.98. The van der Waals surface area contributed by atoms with Crippen LogP contribution in [0.15, 0.2) is 54.6 Å². The standard InChI is InChI=1S/C23H25N5O3/c24-15-4-16-28(20-5-2-1-3-6-20)22(30)14-13-21(29)25-17-7-9-18(10-8-17)26-23(31)27-19-11-12-19/h1-3,5-10,19H,4,11-14,16H2,(H,25,29)(H2,26,27,31). The van der Waals surface area contributed by atoms with Crippen molar-refractivity contribution in [1.82, 2.24) is 5.32 Å². The molecule has 3 N–H and O–H groups in total. The minimum atomic E-state index is -0.283. The van der Waals surface area contributed by atoms with Crippen molar-refractivity contribution < 1.29 is 14.4 Å². The Bertz CT molecular complexity index is 949. The highest BCUT2D eigenvalue weighted by atomic mass is 16.2. The summed E-state index contributed by atoms with van der Waals surface area (Å²) in [5.74, 6) is -0.494. The third kappa shape index (κ3) is 7.16. The van der Waals surface area contributed by atoms with E-state index in [0.717, 1.165) is 12.8 Å². The van der Waals surface area contributed by atoms with Crippen LogP contribution >= 0.6 is 0 Å². The Morgan fingerprint density at radius 1 is 0.935 bits per heavy atom. The molecule has 0 heterocycles. The molecular weight excluding hydrogens is 394 g/mol. The van der Waals surface area contributed by atoms with Gasteiger partial charge in [0.25, 0.3) is 0 Å². The van der Waals surface area contributed by atoms with Crippen molar-refractivity contribution in [3.63, 3.8) is 0 Å². The van der Waals surface area contributed by atoms with Crippen molar-refractivity contribution in [2.24, 2.45) is 0 Å². The summed E-state index contributed by atoms with van der Waals surface area (Å²) in [6.45, 7) is 0.281. The first-order valence-corrected chi connectivity index (χ1v) is 10.2. The van der Waals surface area contributed by atoms with Crippen LogP contribution in [0.1, 0.15) is 32.1 Å². The van der Waals surface area contributed by atoms with Gasteiger partial charge in [0.1, 0.15) is 0 Å². The van der Waals surface area contributed by atoms with Gasteiger partial charge in [-0.25, -0.2) is 4.79 Å². The fourth-order valence-electron chi connectivity index (χ4n) is 2.96. The molecule has 0 aliphatic heterocycles. The van der Waals surface area contributed by atoms with Crippen LogP contribution in [0, 0.1) is 11.3 Å². The number of anilines is 3. The van der Waals surface area contributed by atoms with Crippen molar-refractivity contribution in [2.75, 3.05) is 22.1 Å². The summed E-state index contributed by atoms with van der Waals surface area (Å²) in [6.07, 6.45) is 2.31. The molecule has 0 bridgehead atoms. The smallest absolute Gasteiger partial charge is 0.319 e. The number of hydrogen-bond acceptors (Lipinski definition) is 4. The van der Waals surface area contributed by atoms with E-state index in [0.29, 0.717) is 17.1 Å². The van der Waals surface area contributed by atoms with E-state index in [1.165, 1.54) is 4.90 Å². The number of hydrogen-bond donors (Lipinski definition) is 3. The molecule has 8 nitrogen and oxygen atoms in total. The average Bonchev–Trinajstić information content (AvgIpc) is 3.58. The molecule has 3 rings (SSSR count). The number of rotatable bonds is 9. The Balaban J connectivity index is 1.47. The van der Waals surface area contributed by atoms with E-state index >= 15 is 0 Å². The van der Waals surface area contributed by atoms with Crippen molar-refractivity contribution in [2.45, 2.75) is 38.1 Å². The van der Waals surface area contributed by atoms with Crippen molar-refractivity contribution >= 4 is 34.9 Å². The first-order valence-electron chi connectivity index (χ1n) is 10.2. The second kappa shape index (κ2) is 10.8. The van der Waals surface area contributed by atoms with Gasteiger partial charge in [0, 0.05) is 42.5 Å². The van der Waals surface area contributed by atoms with Gasteiger partial charge >= 0.3 is 6.03 Å². The third-order valence-corrected chi connectivity index (χ3v) is 4.72. The van der Waals surface area contributed by atoms with Gasteiger partial charge in [-0.2, -0.15) is 5.26 Å². The topological polar surface area (TPSA) is 114 Å². The Morgan fingerprint density at radius 2 is 1.58 bits per heavy atom. The van der Waals surface area contributed by atoms with E-state index in [4.69, 9.17) is 5.26 Å². The van der Waals surface area contributed by atoms with Gasteiger partial charge in [0.2, 0.25) is 11.8 Å². The van der Waals surface area contributed by atoms with E-state index in [-0.39, 0.29) is 49.7 Å². The van der Waals surface area contributed by atoms with Crippen LogP contribution < -0.4 is 20.9 Å². The molecule has 4 amide bonds. The van der Waals surface area contributed by atoms with Crippen LogP contribution in [-0.2, 0) is 9.59 Å². The molecule has 0 aromatic heterocycles. The number of nitrogens with one attached hydrogen (secondary N) is 3. The Morgan fingerprint density at radius 3 is 2.19 bits per heavy atom. The summed E-state index contributed by atoms with van der Waals surface area (Å²) >= 11 is 0. The maximum atomic E-state index is 12.6. The molecule has 1 fully saturated rings. The molecule has 1 aliphatic carbocycles. The Kier molecular flexibility index (Phi) is 7.60. The quantitative estimate of drug-likeness (QED) is 0.576. The monoisotopic (exact) mass is 419 g/mol. The number of nitrogens with zero attached hydrogens (tertiary/aromatic N) is 2. The summed E-state index contributed by atoms with van der Waals surface area (Å²) in [6, 6.07) is 18.0.